The number of pyridine rings is 1. The number of hydrogen-bond acceptors (Lipinski definition) is 0. The van der Waals surface area contributed by atoms with Crippen molar-refractivity contribution in [2.75, 3.05) is 0 Å². The number of hydrogen-bond donors (Lipinski definition) is 0. The number of rotatable bonds is 3. The van der Waals surface area contributed by atoms with E-state index in [1.807, 2.05) is 0 Å². The van der Waals surface area contributed by atoms with Gasteiger partial charge in [0.15, 0.2) is 5.54 Å². The Morgan fingerprint density at radius 2 is 1.32 bits per heavy atom. The molecule has 1 aliphatic rings. The van der Waals surface area contributed by atoms with E-state index in [-0.39, 0.29) is 21.8 Å². The first-order valence-corrected chi connectivity index (χ1v) is 14.6. The van der Waals surface area contributed by atoms with Crippen LogP contribution in [0, 0.1) is 0 Å². The average molecular weight is 498 g/mol. The summed E-state index contributed by atoms with van der Waals surface area (Å²) in [6.07, 6.45) is 3.39. The number of nitrogens with zero attached hydrogens (tertiary/aromatic N) is 2. The van der Waals surface area contributed by atoms with Crippen LogP contribution in [0.5, 0.6) is 0 Å². The Bertz CT molecular complexity index is 1520. The first-order valence-electron chi connectivity index (χ1n) is 14.6. The molecule has 1 unspecified atom stereocenters. The van der Waals surface area contributed by atoms with Gasteiger partial charge in [-0.2, -0.15) is 0 Å². The van der Waals surface area contributed by atoms with E-state index in [1.54, 1.807) is 5.56 Å². The molecule has 0 aliphatic carbocycles. The number of benzene rings is 2. The van der Waals surface area contributed by atoms with Crippen molar-refractivity contribution < 1.29 is 4.68 Å². The molecular weight excluding hydrogens is 448 g/mol. The zero-order valence-corrected chi connectivity index (χ0v) is 25.6. The summed E-state index contributed by atoms with van der Waals surface area (Å²) in [6, 6.07) is 14.9. The van der Waals surface area contributed by atoms with Gasteiger partial charge in [-0.05, 0) is 63.1 Å². The molecule has 5 rings (SSSR count). The van der Waals surface area contributed by atoms with Crippen LogP contribution in [0.4, 0.5) is 0 Å². The van der Waals surface area contributed by atoms with Crippen LogP contribution in [-0.4, -0.2) is 4.52 Å². The maximum atomic E-state index is 2.73. The minimum absolute atomic E-state index is 0.0440. The van der Waals surface area contributed by atoms with Gasteiger partial charge in [-0.1, -0.05) is 99.9 Å². The normalized spacial score (nSPS) is 18.0. The summed E-state index contributed by atoms with van der Waals surface area (Å²) < 4.78 is 5.37. The zero-order valence-electron chi connectivity index (χ0n) is 25.6. The number of fused-ring (bicyclic) bond motifs is 3. The van der Waals surface area contributed by atoms with Gasteiger partial charge in [-0.25, -0.2) is 0 Å². The largest absolute Gasteiger partial charge is 0.240 e. The third-order valence-electron chi connectivity index (χ3n) is 9.47. The van der Waals surface area contributed by atoms with Crippen LogP contribution in [0.1, 0.15) is 131 Å². The van der Waals surface area contributed by atoms with Gasteiger partial charge in [0.1, 0.15) is 11.0 Å². The first-order chi connectivity index (χ1) is 17.1. The molecular formula is C35H49N2+. The van der Waals surface area contributed by atoms with Crippen molar-refractivity contribution in [1.82, 2.24) is 4.52 Å². The van der Waals surface area contributed by atoms with E-state index in [0.717, 1.165) is 19.3 Å². The van der Waals surface area contributed by atoms with Gasteiger partial charge in [0.25, 0.3) is 0 Å². The third-order valence-corrected chi connectivity index (χ3v) is 9.47. The predicted molar refractivity (Wildman–Crippen MR) is 160 cm³/mol. The average Bonchev–Trinajstić information content (AvgIpc) is 3.14. The van der Waals surface area contributed by atoms with Crippen LogP contribution in [0.25, 0.3) is 27.3 Å². The Morgan fingerprint density at radius 1 is 0.730 bits per heavy atom. The molecule has 0 bridgehead atoms. The maximum absolute atomic E-state index is 2.73. The van der Waals surface area contributed by atoms with Gasteiger partial charge in [0.2, 0.25) is 5.52 Å². The molecule has 2 nitrogen and oxygen atoms in total. The van der Waals surface area contributed by atoms with Crippen LogP contribution in [0.15, 0.2) is 36.4 Å². The lowest BCUT2D eigenvalue weighted by atomic mass is 9.70. The lowest BCUT2D eigenvalue weighted by molar-refractivity contribution is -0.805. The molecule has 198 valence electrons. The zero-order chi connectivity index (χ0) is 27.3. The Hall–Kier alpha value is -2.35. The second-order valence-corrected chi connectivity index (χ2v) is 14.8. The Morgan fingerprint density at radius 3 is 1.84 bits per heavy atom. The highest BCUT2D eigenvalue weighted by atomic mass is 15.4. The topological polar surface area (TPSA) is 8.29 Å². The lowest BCUT2D eigenvalue weighted by Gasteiger charge is -2.39. The van der Waals surface area contributed by atoms with Gasteiger partial charge in [-0.15, -0.1) is 4.52 Å². The molecule has 0 fully saturated rings. The standard InChI is InChI=1S/C35H49N2/c1-13-27-24-19-23(33(7,8)9)20-25-28(34(10,11)12)21-30-26-18-22(32(4,5)6)16-17-29(26)37(36(30)31(24)25)35(27,14-2)15-3/h16-21,27H,13-15H2,1-12H3/q+1. The molecule has 1 atom stereocenters. The highest BCUT2D eigenvalue weighted by Gasteiger charge is 2.52. The SMILES string of the molecule is CCC1c2cc(C(C)(C)C)cc3c(C(C)(C)C)cc4c5cc(C(C)(C)C)ccc5[n+](n4c23)C1(CC)CC. The Kier molecular flexibility index (Phi) is 5.73. The highest BCUT2D eigenvalue weighted by Crippen LogP contribution is 2.49. The molecule has 0 saturated heterocycles. The van der Waals surface area contributed by atoms with Crippen LogP contribution in [-0.2, 0) is 21.8 Å². The predicted octanol–water partition coefficient (Wildman–Crippen LogP) is 9.45. The second-order valence-electron chi connectivity index (χ2n) is 14.8. The van der Waals surface area contributed by atoms with E-state index in [4.69, 9.17) is 0 Å². The molecule has 3 heterocycles. The van der Waals surface area contributed by atoms with E-state index in [9.17, 15) is 0 Å². The highest BCUT2D eigenvalue weighted by molar-refractivity contribution is 6.00. The van der Waals surface area contributed by atoms with Crippen LogP contribution in [0.3, 0.4) is 0 Å². The van der Waals surface area contributed by atoms with Crippen molar-refractivity contribution >= 4 is 27.3 Å². The summed E-state index contributed by atoms with van der Waals surface area (Å²) in [4.78, 5) is 0. The van der Waals surface area contributed by atoms with Crippen molar-refractivity contribution in [2.24, 2.45) is 0 Å². The minimum atomic E-state index is 0.0440. The van der Waals surface area contributed by atoms with Crippen LogP contribution < -0.4 is 4.68 Å². The molecule has 0 spiro atoms. The summed E-state index contributed by atoms with van der Waals surface area (Å²) >= 11 is 0. The second kappa shape index (κ2) is 8.08. The summed E-state index contributed by atoms with van der Waals surface area (Å²) in [5.41, 5.74) is 10.4. The van der Waals surface area contributed by atoms with Crippen molar-refractivity contribution in [1.29, 1.82) is 0 Å². The van der Waals surface area contributed by atoms with Crippen molar-refractivity contribution in [3.05, 3.63) is 58.7 Å². The Labute approximate surface area is 225 Å². The quantitative estimate of drug-likeness (QED) is 0.249. The molecule has 37 heavy (non-hydrogen) atoms. The maximum Gasteiger partial charge on any atom is 0.240 e. The summed E-state index contributed by atoms with van der Waals surface area (Å²) in [6.45, 7) is 28.5. The third kappa shape index (κ3) is 3.61. The molecule has 2 aromatic heterocycles. The van der Waals surface area contributed by atoms with E-state index in [0.29, 0.717) is 5.92 Å². The van der Waals surface area contributed by atoms with Crippen molar-refractivity contribution in [2.45, 2.75) is 130 Å². The monoisotopic (exact) mass is 497 g/mol. The molecule has 1 aliphatic heterocycles. The first kappa shape index (κ1) is 26.3. The van der Waals surface area contributed by atoms with Gasteiger partial charge in [-0.3, -0.25) is 0 Å². The molecule has 0 radical (unpaired) electrons. The van der Waals surface area contributed by atoms with Crippen molar-refractivity contribution in [3.8, 4) is 0 Å². The van der Waals surface area contributed by atoms with Gasteiger partial charge in [0.05, 0.1) is 11.3 Å². The summed E-state index contributed by atoms with van der Waals surface area (Å²) in [7, 11) is 0. The van der Waals surface area contributed by atoms with Gasteiger partial charge in [0, 0.05) is 24.3 Å². The van der Waals surface area contributed by atoms with E-state index < -0.39 is 0 Å². The van der Waals surface area contributed by atoms with Gasteiger partial charge < -0.3 is 0 Å². The van der Waals surface area contributed by atoms with E-state index >= 15 is 0 Å². The number of aromatic nitrogens is 2. The van der Waals surface area contributed by atoms with Crippen molar-refractivity contribution in [3.63, 3.8) is 0 Å². The van der Waals surface area contributed by atoms with E-state index in [2.05, 4.69) is 129 Å². The minimum Gasteiger partial charge on any atom is -0.119 e. The fourth-order valence-corrected chi connectivity index (χ4v) is 7.23. The molecule has 0 amide bonds. The summed E-state index contributed by atoms with van der Waals surface area (Å²) in [5, 5.41) is 2.83. The van der Waals surface area contributed by atoms with E-state index in [1.165, 1.54) is 44.0 Å². The molecule has 2 aromatic carbocycles. The fourth-order valence-electron chi connectivity index (χ4n) is 7.23. The lowest BCUT2D eigenvalue weighted by Crippen LogP contribution is -2.64. The molecule has 2 heteroatoms. The fraction of sp³-hybridized carbons (Fsp3) is 0.571. The van der Waals surface area contributed by atoms with Crippen LogP contribution >= 0.6 is 0 Å². The van der Waals surface area contributed by atoms with Crippen LogP contribution in [0.2, 0.25) is 0 Å². The molecule has 0 N–H and O–H groups in total. The molecule has 0 saturated carbocycles. The smallest absolute Gasteiger partial charge is 0.119 e. The molecule has 4 aromatic rings. The van der Waals surface area contributed by atoms with Gasteiger partial charge >= 0.3 is 0 Å². The Balaban J connectivity index is 2.13. The summed E-state index contributed by atoms with van der Waals surface area (Å²) in [5.74, 6) is 0.476.